The number of ether oxygens (including phenoxy) is 1. The highest BCUT2D eigenvalue weighted by Gasteiger charge is 2.28. The van der Waals surface area contributed by atoms with Gasteiger partial charge in [-0.1, -0.05) is 74.3 Å². The Morgan fingerprint density at radius 3 is 2.03 bits per heavy atom. The summed E-state index contributed by atoms with van der Waals surface area (Å²) in [5.41, 5.74) is 2.52. The Kier molecular flexibility index (Phi) is 7.19. The smallest absolute Gasteiger partial charge is 0.338 e. The minimum Gasteiger partial charge on any atom is -0.452 e. The first-order valence-electron chi connectivity index (χ1n) is 10.9. The van der Waals surface area contributed by atoms with Crippen molar-refractivity contribution in [2.45, 2.75) is 91.5 Å². The first kappa shape index (κ1) is 23.4. The summed E-state index contributed by atoms with van der Waals surface area (Å²) in [5, 5.41) is 3.06. The molecule has 4 nitrogen and oxygen atoms in total. The Labute approximate surface area is 176 Å². The van der Waals surface area contributed by atoms with Crippen molar-refractivity contribution < 1.29 is 14.3 Å². The third-order valence-corrected chi connectivity index (χ3v) is 6.29. The van der Waals surface area contributed by atoms with E-state index in [0.29, 0.717) is 17.4 Å². The Morgan fingerprint density at radius 1 is 0.966 bits per heavy atom. The first-order valence-corrected chi connectivity index (χ1v) is 10.9. The standard InChI is InChI=1S/C25H39NO3/c1-16-10-9-11-21(17(16)2)26-22(27)15-29-23(28)18-12-19(24(3,4)5)14-20(13-18)25(6,7)8/h12-14,16-17,21H,9-11,15H2,1-8H3,(H,26,27)/t16-,17+,21+/m0/s1. The van der Waals surface area contributed by atoms with Gasteiger partial charge in [-0.2, -0.15) is 0 Å². The molecule has 0 aliphatic heterocycles. The number of carbonyl (C=O) groups is 2. The summed E-state index contributed by atoms with van der Waals surface area (Å²) in [6.45, 7) is 17.0. The highest BCUT2D eigenvalue weighted by Crippen LogP contribution is 2.31. The Hall–Kier alpha value is -1.84. The molecule has 1 aromatic carbocycles. The van der Waals surface area contributed by atoms with Gasteiger partial charge in [-0.05, 0) is 52.3 Å². The van der Waals surface area contributed by atoms with Crippen LogP contribution in [0.2, 0.25) is 0 Å². The van der Waals surface area contributed by atoms with Gasteiger partial charge in [0.25, 0.3) is 5.91 Å². The number of amides is 1. The van der Waals surface area contributed by atoms with Gasteiger partial charge in [0.05, 0.1) is 5.56 Å². The maximum Gasteiger partial charge on any atom is 0.338 e. The van der Waals surface area contributed by atoms with Crippen LogP contribution in [-0.4, -0.2) is 24.5 Å². The number of rotatable bonds is 4. The van der Waals surface area contributed by atoms with E-state index >= 15 is 0 Å². The van der Waals surface area contributed by atoms with Crippen LogP contribution in [0.4, 0.5) is 0 Å². The number of esters is 1. The molecule has 0 unspecified atom stereocenters. The number of carbonyl (C=O) groups excluding carboxylic acids is 2. The van der Waals surface area contributed by atoms with Crippen molar-refractivity contribution in [2.75, 3.05) is 6.61 Å². The number of nitrogens with one attached hydrogen (secondary N) is 1. The molecule has 29 heavy (non-hydrogen) atoms. The second-order valence-electron chi connectivity index (χ2n) is 10.8. The van der Waals surface area contributed by atoms with Gasteiger partial charge >= 0.3 is 5.97 Å². The molecule has 0 aromatic heterocycles. The van der Waals surface area contributed by atoms with E-state index in [1.165, 1.54) is 6.42 Å². The topological polar surface area (TPSA) is 55.4 Å². The molecule has 0 radical (unpaired) electrons. The lowest BCUT2D eigenvalue weighted by molar-refractivity contribution is -0.125. The van der Waals surface area contributed by atoms with Crippen molar-refractivity contribution in [3.63, 3.8) is 0 Å². The number of hydrogen-bond acceptors (Lipinski definition) is 3. The molecule has 1 aliphatic rings. The van der Waals surface area contributed by atoms with Crippen LogP contribution in [-0.2, 0) is 20.4 Å². The van der Waals surface area contributed by atoms with E-state index in [1.54, 1.807) is 0 Å². The Morgan fingerprint density at radius 2 is 1.52 bits per heavy atom. The Balaban J connectivity index is 2.07. The summed E-state index contributed by atoms with van der Waals surface area (Å²) in [5.74, 6) is 0.392. The van der Waals surface area contributed by atoms with E-state index in [0.717, 1.165) is 24.0 Å². The lowest BCUT2D eigenvalue weighted by Crippen LogP contribution is -2.45. The van der Waals surface area contributed by atoms with Crippen LogP contribution in [0, 0.1) is 11.8 Å². The first-order chi connectivity index (χ1) is 13.3. The molecule has 0 saturated heterocycles. The van der Waals surface area contributed by atoms with Crippen LogP contribution < -0.4 is 5.32 Å². The van der Waals surface area contributed by atoms with E-state index < -0.39 is 5.97 Å². The van der Waals surface area contributed by atoms with E-state index in [9.17, 15) is 9.59 Å². The monoisotopic (exact) mass is 401 g/mol. The minimum atomic E-state index is -0.443. The average Bonchev–Trinajstić information content (AvgIpc) is 2.61. The van der Waals surface area contributed by atoms with Gasteiger partial charge in [-0.15, -0.1) is 0 Å². The highest BCUT2D eigenvalue weighted by atomic mass is 16.5. The molecule has 0 spiro atoms. The van der Waals surface area contributed by atoms with E-state index in [-0.39, 0.29) is 29.4 Å². The Bertz CT molecular complexity index is 707. The lowest BCUT2D eigenvalue weighted by Gasteiger charge is -2.34. The minimum absolute atomic E-state index is 0.0819. The lowest BCUT2D eigenvalue weighted by atomic mass is 9.78. The third kappa shape index (κ3) is 6.32. The predicted octanol–water partition coefficient (Wildman–Crippen LogP) is 5.38. The summed E-state index contributed by atoms with van der Waals surface area (Å²) in [7, 11) is 0. The SMILES string of the molecule is C[C@@H]1[C@@H](C)CCC[C@H]1NC(=O)COC(=O)c1cc(C(C)(C)C)cc(C(C)(C)C)c1. The molecule has 2 rings (SSSR count). The van der Waals surface area contributed by atoms with E-state index in [4.69, 9.17) is 4.74 Å². The van der Waals surface area contributed by atoms with Crippen LogP contribution in [0.3, 0.4) is 0 Å². The van der Waals surface area contributed by atoms with Crippen LogP contribution in [0.1, 0.15) is 96.1 Å². The predicted molar refractivity (Wildman–Crippen MR) is 118 cm³/mol. The zero-order valence-corrected chi connectivity index (χ0v) is 19.5. The molecule has 162 valence electrons. The van der Waals surface area contributed by atoms with Crippen molar-refractivity contribution >= 4 is 11.9 Å². The normalized spacial score (nSPS) is 22.8. The van der Waals surface area contributed by atoms with Crippen LogP contribution in [0.25, 0.3) is 0 Å². The van der Waals surface area contributed by atoms with Gasteiger partial charge in [-0.3, -0.25) is 4.79 Å². The molecule has 1 amide bonds. The van der Waals surface area contributed by atoms with E-state index in [2.05, 4.69) is 66.8 Å². The molecule has 1 N–H and O–H groups in total. The van der Waals surface area contributed by atoms with Crippen LogP contribution in [0.15, 0.2) is 18.2 Å². The molecule has 1 saturated carbocycles. The molecule has 0 bridgehead atoms. The third-order valence-electron chi connectivity index (χ3n) is 6.29. The van der Waals surface area contributed by atoms with Crippen molar-refractivity contribution in [3.05, 3.63) is 34.9 Å². The molecule has 0 heterocycles. The maximum atomic E-state index is 12.7. The van der Waals surface area contributed by atoms with Gasteiger partial charge in [0.1, 0.15) is 0 Å². The summed E-state index contributed by atoms with van der Waals surface area (Å²) < 4.78 is 5.38. The number of hydrogen-bond donors (Lipinski definition) is 1. The average molecular weight is 402 g/mol. The molecule has 1 fully saturated rings. The summed E-state index contributed by atoms with van der Waals surface area (Å²) in [6, 6.07) is 6.11. The van der Waals surface area contributed by atoms with E-state index in [1.807, 2.05) is 12.1 Å². The van der Waals surface area contributed by atoms with Gasteiger partial charge < -0.3 is 10.1 Å². The summed E-state index contributed by atoms with van der Waals surface area (Å²) >= 11 is 0. The fourth-order valence-electron chi connectivity index (χ4n) is 3.86. The summed E-state index contributed by atoms with van der Waals surface area (Å²) in [4.78, 5) is 25.1. The fourth-order valence-corrected chi connectivity index (χ4v) is 3.86. The molecular weight excluding hydrogens is 362 g/mol. The number of benzene rings is 1. The fraction of sp³-hybridized carbons (Fsp3) is 0.680. The summed E-state index contributed by atoms with van der Waals surface area (Å²) in [6.07, 6.45) is 3.34. The van der Waals surface area contributed by atoms with Crippen molar-refractivity contribution in [3.8, 4) is 0 Å². The van der Waals surface area contributed by atoms with Crippen molar-refractivity contribution in [2.24, 2.45) is 11.8 Å². The van der Waals surface area contributed by atoms with Gasteiger partial charge in [0.2, 0.25) is 0 Å². The maximum absolute atomic E-state index is 12.7. The molecule has 1 aliphatic carbocycles. The van der Waals surface area contributed by atoms with Crippen molar-refractivity contribution in [1.29, 1.82) is 0 Å². The van der Waals surface area contributed by atoms with Crippen LogP contribution >= 0.6 is 0 Å². The zero-order chi connectivity index (χ0) is 22.0. The molecule has 1 aromatic rings. The molecule has 3 atom stereocenters. The largest absolute Gasteiger partial charge is 0.452 e. The molecular formula is C25H39NO3. The highest BCUT2D eigenvalue weighted by molar-refractivity contribution is 5.92. The molecule has 4 heteroatoms. The van der Waals surface area contributed by atoms with Gasteiger partial charge in [0.15, 0.2) is 6.61 Å². The second-order valence-corrected chi connectivity index (χ2v) is 10.8. The van der Waals surface area contributed by atoms with Gasteiger partial charge in [-0.25, -0.2) is 4.79 Å². The zero-order valence-electron chi connectivity index (χ0n) is 19.5. The van der Waals surface area contributed by atoms with Crippen LogP contribution in [0.5, 0.6) is 0 Å². The van der Waals surface area contributed by atoms with Gasteiger partial charge in [0, 0.05) is 6.04 Å². The quantitative estimate of drug-likeness (QED) is 0.689. The second kappa shape index (κ2) is 8.89. The van der Waals surface area contributed by atoms with Crippen molar-refractivity contribution in [1.82, 2.24) is 5.32 Å².